The highest BCUT2D eigenvalue weighted by Gasteiger charge is 2.19. The molecule has 6 heteroatoms. The number of aromatic carboxylic acids is 1. The van der Waals surface area contributed by atoms with E-state index in [2.05, 4.69) is 9.68 Å². The van der Waals surface area contributed by atoms with Crippen molar-refractivity contribution in [2.24, 2.45) is 0 Å². The van der Waals surface area contributed by atoms with E-state index in [4.69, 9.17) is 16.7 Å². The Hall–Kier alpha value is -2.01. The van der Waals surface area contributed by atoms with Gasteiger partial charge in [0.1, 0.15) is 11.4 Å². The van der Waals surface area contributed by atoms with Gasteiger partial charge in [-0.25, -0.2) is 4.79 Å². The van der Waals surface area contributed by atoms with Crippen LogP contribution >= 0.6 is 11.6 Å². The maximum Gasteiger partial charge on any atom is 0.374 e. The van der Waals surface area contributed by atoms with Crippen LogP contribution in [-0.2, 0) is 0 Å². The number of carbonyl (C=O) groups is 1. The van der Waals surface area contributed by atoms with Crippen molar-refractivity contribution in [1.82, 2.24) is 5.16 Å². The largest absolute Gasteiger partial charge is 0.507 e. The van der Waals surface area contributed by atoms with Gasteiger partial charge in [0, 0.05) is 11.1 Å². The number of benzene rings is 1. The predicted molar refractivity (Wildman–Crippen MR) is 65.0 cm³/mol. The molecule has 0 spiro atoms. The lowest BCUT2D eigenvalue weighted by atomic mass is 10.0. The van der Waals surface area contributed by atoms with Crippen LogP contribution in [0, 0.1) is 13.8 Å². The molecule has 0 saturated carbocycles. The number of rotatable bonds is 2. The van der Waals surface area contributed by atoms with Crippen molar-refractivity contribution in [3.63, 3.8) is 0 Å². The smallest absolute Gasteiger partial charge is 0.374 e. The molecule has 0 bridgehead atoms. The fourth-order valence-electron chi connectivity index (χ4n) is 1.67. The van der Waals surface area contributed by atoms with Gasteiger partial charge < -0.3 is 14.7 Å². The molecular formula is C12H10ClNO4. The summed E-state index contributed by atoms with van der Waals surface area (Å²) >= 11 is 6.02. The summed E-state index contributed by atoms with van der Waals surface area (Å²) < 4.78 is 4.67. The molecule has 0 aliphatic rings. The maximum absolute atomic E-state index is 10.7. The van der Waals surface area contributed by atoms with Crippen LogP contribution in [0.3, 0.4) is 0 Å². The van der Waals surface area contributed by atoms with Gasteiger partial charge >= 0.3 is 5.97 Å². The molecule has 0 aliphatic heterocycles. The standard InChI is InChI=1S/C12H10ClNO4/c1-5-3-7(13)6(2)10(11(5)15)8-4-9(12(16)17)18-14-8/h3-4,15H,1-2H3,(H,16,17). The van der Waals surface area contributed by atoms with Gasteiger partial charge in [-0.2, -0.15) is 0 Å². The first-order valence-electron chi connectivity index (χ1n) is 5.11. The Morgan fingerprint density at radius 3 is 2.61 bits per heavy atom. The lowest BCUT2D eigenvalue weighted by Gasteiger charge is -2.09. The molecule has 0 atom stereocenters. The van der Waals surface area contributed by atoms with E-state index >= 15 is 0 Å². The molecule has 0 radical (unpaired) electrons. The SMILES string of the molecule is Cc1cc(Cl)c(C)c(-c2cc(C(=O)O)on2)c1O. The first-order valence-corrected chi connectivity index (χ1v) is 5.48. The number of carboxylic acids is 1. The maximum atomic E-state index is 10.7. The number of hydrogen-bond acceptors (Lipinski definition) is 4. The van der Waals surface area contributed by atoms with Crippen LogP contribution in [0.2, 0.25) is 5.02 Å². The van der Waals surface area contributed by atoms with Crippen molar-refractivity contribution in [1.29, 1.82) is 0 Å². The highest BCUT2D eigenvalue weighted by molar-refractivity contribution is 6.32. The fraction of sp³-hybridized carbons (Fsp3) is 0.167. The van der Waals surface area contributed by atoms with E-state index < -0.39 is 5.97 Å². The van der Waals surface area contributed by atoms with Gasteiger partial charge in [0.05, 0.1) is 5.56 Å². The second kappa shape index (κ2) is 4.34. The lowest BCUT2D eigenvalue weighted by Crippen LogP contribution is -1.92. The minimum Gasteiger partial charge on any atom is -0.507 e. The Morgan fingerprint density at radius 1 is 1.39 bits per heavy atom. The molecular weight excluding hydrogens is 258 g/mol. The van der Waals surface area contributed by atoms with Crippen molar-refractivity contribution in [2.45, 2.75) is 13.8 Å². The van der Waals surface area contributed by atoms with E-state index in [1.54, 1.807) is 19.9 Å². The number of phenolic OH excluding ortho intramolecular Hbond substituents is 1. The Kier molecular flexibility index (Phi) is 3.00. The van der Waals surface area contributed by atoms with Crippen LogP contribution in [0.1, 0.15) is 21.7 Å². The quantitative estimate of drug-likeness (QED) is 0.874. The molecule has 0 amide bonds. The number of aromatic nitrogens is 1. The van der Waals surface area contributed by atoms with Gasteiger partial charge in [0.25, 0.3) is 0 Å². The molecule has 0 saturated heterocycles. The third kappa shape index (κ3) is 1.93. The van der Waals surface area contributed by atoms with Gasteiger partial charge in [0.15, 0.2) is 0 Å². The molecule has 18 heavy (non-hydrogen) atoms. The Morgan fingerprint density at radius 2 is 2.06 bits per heavy atom. The molecule has 2 N–H and O–H groups in total. The molecule has 2 aromatic rings. The van der Waals surface area contributed by atoms with Crippen LogP contribution < -0.4 is 0 Å². The second-order valence-corrected chi connectivity index (χ2v) is 4.31. The van der Waals surface area contributed by atoms with E-state index in [1.807, 2.05) is 0 Å². The number of halogens is 1. The van der Waals surface area contributed by atoms with Crippen LogP contribution in [0.5, 0.6) is 5.75 Å². The summed E-state index contributed by atoms with van der Waals surface area (Å²) in [4.78, 5) is 10.7. The Labute approximate surface area is 108 Å². The van der Waals surface area contributed by atoms with Crippen LogP contribution in [-0.4, -0.2) is 21.3 Å². The highest BCUT2D eigenvalue weighted by Crippen LogP contribution is 2.38. The van der Waals surface area contributed by atoms with Crippen LogP contribution in [0.15, 0.2) is 16.7 Å². The van der Waals surface area contributed by atoms with Gasteiger partial charge in [-0.3, -0.25) is 0 Å². The zero-order chi connectivity index (χ0) is 13.4. The molecule has 1 aromatic heterocycles. The van der Waals surface area contributed by atoms with Crippen molar-refractivity contribution >= 4 is 17.6 Å². The van der Waals surface area contributed by atoms with Crippen molar-refractivity contribution in [3.8, 4) is 17.0 Å². The molecule has 1 aromatic carbocycles. The normalized spacial score (nSPS) is 10.6. The molecule has 0 aliphatic carbocycles. The number of aromatic hydroxyl groups is 1. The van der Waals surface area contributed by atoms with Crippen LogP contribution in [0.25, 0.3) is 11.3 Å². The van der Waals surface area contributed by atoms with Crippen LogP contribution in [0.4, 0.5) is 0 Å². The van der Waals surface area contributed by atoms with Crippen molar-refractivity contribution in [2.75, 3.05) is 0 Å². The summed E-state index contributed by atoms with van der Waals surface area (Å²) in [6, 6.07) is 2.88. The summed E-state index contributed by atoms with van der Waals surface area (Å²) in [7, 11) is 0. The van der Waals surface area contributed by atoms with E-state index in [1.165, 1.54) is 6.07 Å². The lowest BCUT2D eigenvalue weighted by molar-refractivity contribution is 0.0652. The molecule has 0 unspecified atom stereocenters. The first kappa shape index (κ1) is 12.4. The third-order valence-corrected chi connectivity index (χ3v) is 3.06. The summed E-state index contributed by atoms with van der Waals surface area (Å²) in [5.41, 5.74) is 1.83. The molecule has 2 rings (SSSR count). The first-order chi connectivity index (χ1) is 8.41. The van der Waals surface area contributed by atoms with E-state index in [9.17, 15) is 9.90 Å². The van der Waals surface area contributed by atoms with E-state index in [-0.39, 0.29) is 17.2 Å². The zero-order valence-electron chi connectivity index (χ0n) is 9.69. The van der Waals surface area contributed by atoms with Crippen molar-refractivity contribution < 1.29 is 19.5 Å². The summed E-state index contributed by atoms with van der Waals surface area (Å²) in [5, 5.41) is 22.9. The van der Waals surface area contributed by atoms with Gasteiger partial charge in [-0.1, -0.05) is 16.8 Å². The number of phenols is 1. The average Bonchev–Trinajstić information content (AvgIpc) is 2.76. The number of hydrogen-bond donors (Lipinski definition) is 2. The Balaban J connectivity index is 2.66. The van der Waals surface area contributed by atoms with Gasteiger partial charge in [0.2, 0.25) is 5.76 Å². The van der Waals surface area contributed by atoms with E-state index in [0.29, 0.717) is 21.7 Å². The van der Waals surface area contributed by atoms with Crippen molar-refractivity contribution in [3.05, 3.63) is 34.0 Å². The number of nitrogens with zero attached hydrogens (tertiary/aromatic N) is 1. The summed E-state index contributed by atoms with van der Waals surface area (Å²) in [5.74, 6) is -1.49. The number of aryl methyl sites for hydroxylation is 1. The number of carboxylic acid groups (broad SMARTS) is 1. The Bertz CT molecular complexity index is 607. The second-order valence-electron chi connectivity index (χ2n) is 3.91. The third-order valence-electron chi connectivity index (χ3n) is 2.66. The van der Waals surface area contributed by atoms with Gasteiger partial charge in [-0.15, -0.1) is 0 Å². The molecule has 5 nitrogen and oxygen atoms in total. The highest BCUT2D eigenvalue weighted by atomic mass is 35.5. The summed E-state index contributed by atoms with van der Waals surface area (Å²) in [6.45, 7) is 3.41. The van der Waals surface area contributed by atoms with E-state index in [0.717, 1.165) is 0 Å². The molecule has 0 fully saturated rings. The average molecular weight is 268 g/mol. The predicted octanol–water partition coefficient (Wildman–Crippen LogP) is 3.02. The fourth-order valence-corrected chi connectivity index (χ4v) is 1.93. The zero-order valence-corrected chi connectivity index (χ0v) is 10.4. The molecule has 1 heterocycles. The minimum atomic E-state index is -1.22. The monoisotopic (exact) mass is 267 g/mol. The minimum absolute atomic E-state index is 0.0159. The molecule has 94 valence electrons. The van der Waals surface area contributed by atoms with Gasteiger partial charge in [-0.05, 0) is 31.0 Å². The summed E-state index contributed by atoms with van der Waals surface area (Å²) in [6.07, 6.45) is 0. The topological polar surface area (TPSA) is 83.6 Å².